The van der Waals surface area contributed by atoms with Crippen LogP contribution in [0.2, 0.25) is 0 Å². The molecule has 0 amide bonds. The molecule has 0 aliphatic carbocycles. The van der Waals surface area contributed by atoms with Crippen LogP contribution in [-0.2, 0) is 17.7 Å². The van der Waals surface area contributed by atoms with Gasteiger partial charge in [0.1, 0.15) is 11.3 Å². The van der Waals surface area contributed by atoms with Crippen LogP contribution in [0.1, 0.15) is 11.4 Å². The van der Waals surface area contributed by atoms with Gasteiger partial charge in [0.2, 0.25) is 5.95 Å². The van der Waals surface area contributed by atoms with Gasteiger partial charge < -0.3 is 15.2 Å². The topological polar surface area (TPSA) is 90.8 Å². The lowest BCUT2D eigenvalue weighted by molar-refractivity contribution is -0.0312. The number of ether oxygens (including phenoxy) is 2. The summed E-state index contributed by atoms with van der Waals surface area (Å²) in [7, 11) is 1.62. The number of para-hydroxylation sites is 1. The SMILES string of the molecule is COc1cccc2c1nc(N)n1nc(CN3CCOC(Cc4ccccc4)C3)nc21. The first kappa shape index (κ1) is 18.8. The highest BCUT2D eigenvalue weighted by atomic mass is 16.5. The second-order valence-corrected chi connectivity index (χ2v) is 7.51. The molecule has 2 aromatic heterocycles. The Balaban J connectivity index is 1.39. The summed E-state index contributed by atoms with van der Waals surface area (Å²) in [6.45, 7) is 3.03. The Morgan fingerprint density at radius 2 is 2.00 bits per heavy atom. The maximum Gasteiger partial charge on any atom is 0.223 e. The van der Waals surface area contributed by atoms with Crippen molar-refractivity contribution in [2.45, 2.75) is 19.1 Å². The summed E-state index contributed by atoms with van der Waals surface area (Å²) in [6.07, 6.45) is 1.06. The highest BCUT2D eigenvalue weighted by molar-refractivity contribution is 5.95. The Morgan fingerprint density at radius 3 is 2.83 bits per heavy atom. The van der Waals surface area contributed by atoms with E-state index in [2.05, 4.69) is 39.2 Å². The van der Waals surface area contributed by atoms with Crippen LogP contribution >= 0.6 is 0 Å². The van der Waals surface area contributed by atoms with Crippen molar-refractivity contribution in [3.63, 3.8) is 0 Å². The van der Waals surface area contributed by atoms with E-state index in [1.807, 2.05) is 24.3 Å². The Morgan fingerprint density at radius 1 is 1.13 bits per heavy atom. The smallest absolute Gasteiger partial charge is 0.223 e. The molecule has 154 valence electrons. The third kappa shape index (κ3) is 3.55. The van der Waals surface area contributed by atoms with Crippen molar-refractivity contribution in [1.29, 1.82) is 0 Å². The number of nitrogens with two attached hydrogens (primary N) is 1. The molecule has 30 heavy (non-hydrogen) atoms. The van der Waals surface area contributed by atoms with Crippen LogP contribution in [0.25, 0.3) is 16.6 Å². The second kappa shape index (κ2) is 7.89. The molecule has 1 aliphatic rings. The van der Waals surface area contributed by atoms with Gasteiger partial charge in [-0.05, 0) is 24.1 Å². The fourth-order valence-corrected chi connectivity index (χ4v) is 4.03. The summed E-state index contributed by atoms with van der Waals surface area (Å²) in [4.78, 5) is 11.6. The number of aromatic nitrogens is 4. The Hall–Kier alpha value is -3.23. The lowest BCUT2D eigenvalue weighted by Gasteiger charge is -2.32. The molecule has 2 aromatic carbocycles. The predicted molar refractivity (Wildman–Crippen MR) is 114 cm³/mol. The van der Waals surface area contributed by atoms with Gasteiger partial charge in [-0.1, -0.05) is 36.4 Å². The van der Waals surface area contributed by atoms with E-state index in [-0.39, 0.29) is 6.10 Å². The molecule has 1 unspecified atom stereocenters. The summed E-state index contributed by atoms with van der Waals surface area (Å²) >= 11 is 0. The van der Waals surface area contributed by atoms with E-state index in [0.717, 1.165) is 30.7 Å². The molecule has 0 saturated carbocycles. The number of hydrogen-bond acceptors (Lipinski definition) is 7. The molecule has 1 saturated heterocycles. The van der Waals surface area contributed by atoms with Crippen LogP contribution in [0.4, 0.5) is 5.95 Å². The average molecular weight is 404 g/mol. The summed E-state index contributed by atoms with van der Waals surface area (Å²) < 4.78 is 13.0. The molecule has 1 aliphatic heterocycles. The van der Waals surface area contributed by atoms with Crippen molar-refractivity contribution in [2.75, 3.05) is 32.5 Å². The number of fused-ring (bicyclic) bond motifs is 3. The monoisotopic (exact) mass is 404 g/mol. The second-order valence-electron chi connectivity index (χ2n) is 7.51. The van der Waals surface area contributed by atoms with Gasteiger partial charge in [0.15, 0.2) is 11.5 Å². The first-order valence-corrected chi connectivity index (χ1v) is 10.1. The van der Waals surface area contributed by atoms with Crippen molar-refractivity contribution < 1.29 is 9.47 Å². The molecular formula is C22H24N6O2. The lowest BCUT2D eigenvalue weighted by Crippen LogP contribution is -2.43. The average Bonchev–Trinajstić information content (AvgIpc) is 3.19. The minimum Gasteiger partial charge on any atom is -0.494 e. The lowest BCUT2D eigenvalue weighted by atomic mass is 10.1. The molecule has 4 aromatic rings. The molecule has 2 N–H and O–H groups in total. The number of rotatable bonds is 5. The highest BCUT2D eigenvalue weighted by Crippen LogP contribution is 2.27. The zero-order valence-electron chi connectivity index (χ0n) is 16.9. The molecular weight excluding hydrogens is 380 g/mol. The van der Waals surface area contributed by atoms with Gasteiger partial charge in [-0.25, -0.2) is 9.97 Å². The Kier molecular flexibility index (Phi) is 4.94. The summed E-state index contributed by atoms with van der Waals surface area (Å²) in [5, 5.41) is 5.48. The maximum atomic E-state index is 6.16. The van der Waals surface area contributed by atoms with E-state index in [4.69, 9.17) is 20.2 Å². The van der Waals surface area contributed by atoms with E-state index in [1.165, 1.54) is 5.56 Å². The zero-order valence-corrected chi connectivity index (χ0v) is 16.9. The van der Waals surface area contributed by atoms with Gasteiger partial charge in [-0.15, -0.1) is 5.10 Å². The molecule has 0 bridgehead atoms. The Bertz CT molecular complexity index is 1180. The molecule has 8 heteroatoms. The van der Waals surface area contributed by atoms with Gasteiger partial charge in [0.25, 0.3) is 0 Å². The first-order valence-electron chi connectivity index (χ1n) is 10.1. The fourth-order valence-electron chi connectivity index (χ4n) is 4.03. The van der Waals surface area contributed by atoms with Crippen LogP contribution in [-0.4, -0.2) is 57.4 Å². The van der Waals surface area contributed by atoms with Gasteiger partial charge in [-0.3, -0.25) is 4.90 Å². The van der Waals surface area contributed by atoms with E-state index < -0.39 is 0 Å². The molecule has 0 spiro atoms. The maximum absolute atomic E-state index is 6.16. The molecule has 3 heterocycles. The van der Waals surface area contributed by atoms with Crippen LogP contribution in [0, 0.1) is 0 Å². The number of benzene rings is 2. The fraction of sp³-hybridized carbons (Fsp3) is 0.318. The van der Waals surface area contributed by atoms with E-state index in [0.29, 0.717) is 36.0 Å². The normalized spacial score (nSPS) is 17.6. The van der Waals surface area contributed by atoms with Crippen molar-refractivity contribution in [3.05, 3.63) is 59.9 Å². The number of morpholine rings is 1. The molecule has 8 nitrogen and oxygen atoms in total. The van der Waals surface area contributed by atoms with Crippen molar-refractivity contribution >= 4 is 22.5 Å². The van der Waals surface area contributed by atoms with Crippen molar-refractivity contribution in [2.24, 2.45) is 0 Å². The third-order valence-electron chi connectivity index (χ3n) is 5.45. The number of anilines is 1. The van der Waals surface area contributed by atoms with Crippen molar-refractivity contribution in [3.8, 4) is 5.75 Å². The largest absolute Gasteiger partial charge is 0.494 e. The van der Waals surface area contributed by atoms with Crippen LogP contribution < -0.4 is 10.5 Å². The summed E-state index contributed by atoms with van der Waals surface area (Å²) in [5.74, 6) is 1.69. The minimum absolute atomic E-state index is 0.162. The van der Waals surface area contributed by atoms with E-state index in [9.17, 15) is 0 Å². The predicted octanol–water partition coefficient (Wildman–Crippen LogP) is 2.31. The number of nitrogens with zero attached hydrogens (tertiary/aromatic N) is 5. The van der Waals surface area contributed by atoms with Crippen molar-refractivity contribution in [1.82, 2.24) is 24.5 Å². The van der Waals surface area contributed by atoms with Gasteiger partial charge in [0.05, 0.1) is 26.4 Å². The third-order valence-corrected chi connectivity index (χ3v) is 5.45. The summed E-state index contributed by atoms with van der Waals surface area (Å²) in [5.41, 5.74) is 8.83. The molecule has 5 rings (SSSR count). The molecule has 1 atom stereocenters. The zero-order chi connectivity index (χ0) is 20.5. The van der Waals surface area contributed by atoms with E-state index >= 15 is 0 Å². The van der Waals surface area contributed by atoms with E-state index in [1.54, 1.807) is 11.6 Å². The highest BCUT2D eigenvalue weighted by Gasteiger charge is 2.23. The molecule has 0 radical (unpaired) electrons. The number of methoxy groups -OCH3 is 1. The number of hydrogen-bond donors (Lipinski definition) is 1. The Labute approximate surface area is 174 Å². The summed E-state index contributed by atoms with van der Waals surface area (Å²) in [6, 6.07) is 16.2. The first-order chi connectivity index (χ1) is 14.7. The quantitative estimate of drug-likeness (QED) is 0.546. The van der Waals surface area contributed by atoms with Gasteiger partial charge in [0, 0.05) is 18.5 Å². The number of nitrogen functional groups attached to an aromatic ring is 1. The minimum atomic E-state index is 0.162. The molecule has 1 fully saturated rings. The van der Waals surface area contributed by atoms with Gasteiger partial charge in [-0.2, -0.15) is 4.52 Å². The van der Waals surface area contributed by atoms with Gasteiger partial charge >= 0.3 is 0 Å². The standard InChI is InChI=1S/C22H24N6O2/c1-29-18-9-5-8-17-20(18)25-22(23)28-21(17)24-19(26-28)14-27-10-11-30-16(13-27)12-15-6-3-2-4-7-15/h2-9,16H,10-14H2,1H3,(H2,23,25). The van der Waals surface area contributed by atoms with Crippen LogP contribution in [0.5, 0.6) is 5.75 Å². The van der Waals surface area contributed by atoms with Crippen LogP contribution in [0.15, 0.2) is 48.5 Å². The van der Waals surface area contributed by atoms with Crippen LogP contribution in [0.3, 0.4) is 0 Å².